The number of hydrogen-bond acceptors (Lipinski definition) is 1. The van der Waals surface area contributed by atoms with Gasteiger partial charge in [-0.05, 0) is 24.0 Å². The van der Waals surface area contributed by atoms with Crippen molar-refractivity contribution in [2.75, 3.05) is 0 Å². The Labute approximate surface area is 83.9 Å². The molecule has 2 heteroatoms. The molecule has 0 aliphatic rings. The van der Waals surface area contributed by atoms with Crippen LogP contribution in [0.15, 0.2) is 24.3 Å². The fourth-order valence-electron chi connectivity index (χ4n) is 1.37. The highest BCUT2D eigenvalue weighted by Gasteiger charge is 2.06. The second kappa shape index (κ2) is 4.89. The number of benzene rings is 1. The molecule has 0 spiro atoms. The molecular formula is C12H15FO. The van der Waals surface area contributed by atoms with Gasteiger partial charge in [0.15, 0.2) is 0 Å². The van der Waals surface area contributed by atoms with Crippen LogP contribution < -0.4 is 0 Å². The van der Waals surface area contributed by atoms with E-state index < -0.39 is 6.17 Å². The van der Waals surface area contributed by atoms with Gasteiger partial charge < -0.3 is 4.79 Å². The summed E-state index contributed by atoms with van der Waals surface area (Å²) < 4.78 is 12.9. The van der Waals surface area contributed by atoms with Gasteiger partial charge in [-0.1, -0.05) is 31.2 Å². The summed E-state index contributed by atoms with van der Waals surface area (Å²) in [6.07, 6.45) is 0.506. The molecule has 1 rings (SSSR count). The lowest BCUT2D eigenvalue weighted by atomic mass is 9.97. The van der Waals surface area contributed by atoms with Crippen molar-refractivity contribution in [2.45, 2.75) is 32.4 Å². The van der Waals surface area contributed by atoms with E-state index in [9.17, 15) is 9.18 Å². The van der Waals surface area contributed by atoms with Crippen LogP contribution in [-0.4, -0.2) is 6.29 Å². The molecule has 0 aliphatic carbocycles. The molecular weight excluding hydrogens is 179 g/mol. The Bertz CT molecular complexity index is 290. The molecule has 0 bridgehead atoms. The molecule has 2 unspecified atom stereocenters. The molecule has 1 aromatic carbocycles. The first-order valence-corrected chi connectivity index (χ1v) is 4.82. The summed E-state index contributed by atoms with van der Waals surface area (Å²) in [5.74, 6) is 0.219. The predicted octanol–water partition coefficient (Wildman–Crippen LogP) is 3.41. The normalized spacial score (nSPS) is 14.8. The number of halogens is 1. The topological polar surface area (TPSA) is 17.1 Å². The van der Waals surface area contributed by atoms with Crippen LogP contribution >= 0.6 is 0 Å². The van der Waals surface area contributed by atoms with Crippen molar-refractivity contribution in [1.29, 1.82) is 0 Å². The van der Waals surface area contributed by atoms with Crippen LogP contribution in [0.5, 0.6) is 0 Å². The van der Waals surface area contributed by atoms with Gasteiger partial charge in [0.1, 0.15) is 12.5 Å². The quantitative estimate of drug-likeness (QED) is 0.671. The molecule has 0 aromatic heterocycles. The SMILES string of the molecule is CC(F)c1ccc(C(C)CC=O)cc1. The molecule has 0 amide bonds. The van der Waals surface area contributed by atoms with Gasteiger partial charge in [-0.2, -0.15) is 0 Å². The number of alkyl halides is 1. The zero-order valence-electron chi connectivity index (χ0n) is 8.53. The van der Waals surface area contributed by atoms with E-state index >= 15 is 0 Å². The van der Waals surface area contributed by atoms with E-state index in [4.69, 9.17) is 0 Å². The summed E-state index contributed by atoms with van der Waals surface area (Å²) in [7, 11) is 0. The number of rotatable bonds is 4. The zero-order chi connectivity index (χ0) is 10.6. The Morgan fingerprint density at radius 2 is 1.71 bits per heavy atom. The van der Waals surface area contributed by atoms with E-state index in [0.29, 0.717) is 12.0 Å². The maximum Gasteiger partial charge on any atom is 0.122 e. The average Bonchev–Trinajstić information content (AvgIpc) is 2.18. The maximum absolute atomic E-state index is 12.9. The first-order valence-electron chi connectivity index (χ1n) is 4.82. The minimum absolute atomic E-state index is 0.219. The number of carbonyl (C=O) groups excluding carboxylic acids is 1. The van der Waals surface area contributed by atoms with E-state index in [1.165, 1.54) is 6.92 Å². The van der Waals surface area contributed by atoms with E-state index in [1.807, 2.05) is 19.1 Å². The van der Waals surface area contributed by atoms with Gasteiger partial charge in [-0.15, -0.1) is 0 Å². The number of carbonyl (C=O) groups is 1. The second-order valence-corrected chi connectivity index (χ2v) is 3.59. The Kier molecular flexibility index (Phi) is 3.81. The Balaban J connectivity index is 2.77. The van der Waals surface area contributed by atoms with E-state index in [2.05, 4.69) is 0 Å². The number of hydrogen-bond donors (Lipinski definition) is 0. The maximum atomic E-state index is 12.9. The fourth-order valence-corrected chi connectivity index (χ4v) is 1.37. The average molecular weight is 194 g/mol. The smallest absolute Gasteiger partial charge is 0.122 e. The molecule has 0 fully saturated rings. The molecule has 0 radical (unpaired) electrons. The van der Waals surface area contributed by atoms with Gasteiger partial charge in [0.05, 0.1) is 0 Å². The van der Waals surface area contributed by atoms with Crippen molar-refractivity contribution in [3.05, 3.63) is 35.4 Å². The Morgan fingerprint density at radius 3 is 2.14 bits per heavy atom. The third-order valence-corrected chi connectivity index (χ3v) is 2.41. The van der Waals surface area contributed by atoms with Gasteiger partial charge in [-0.3, -0.25) is 0 Å². The van der Waals surface area contributed by atoms with Crippen molar-refractivity contribution >= 4 is 6.29 Å². The number of aldehydes is 1. The fraction of sp³-hybridized carbons (Fsp3) is 0.417. The summed E-state index contributed by atoms with van der Waals surface area (Å²) in [6, 6.07) is 7.34. The summed E-state index contributed by atoms with van der Waals surface area (Å²) in [6.45, 7) is 3.51. The third-order valence-electron chi connectivity index (χ3n) is 2.41. The monoisotopic (exact) mass is 194 g/mol. The third kappa shape index (κ3) is 2.66. The van der Waals surface area contributed by atoms with E-state index in [-0.39, 0.29) is 5.92 Å². The first-order chi connectivity index (χ1) is 6.65. The van der Waals surface area contributed by atoms with Crippen molar-refractivity contribution in [2.24, 2.45) is 0 Å². The molecule has 0 N–H and O–H groups in total. The van der Waals surface area contributed by atoms with E-state index in [1.54, 1.807) is 12.1 Å². The van der Waals surface area contributed by atoms with Crippen molar-refractivity contribution in [1.82, 2.24) is 0 Å². The lowest BCUT2D eigenvalue weighted by Gasteiger charge is -2.09. The van der Waals surface area contributed by atoms with Crippen molar-refractivity contribution < 1.29 is 9.18 Å². The lowest BCUT2D eigenvalue weighted by Crippen LogP contribution is -1.95. The van der Waals surface area contributed by atoms with Crippen LogP contribution in [0.3, 0.4) is 0 Å². The molecule has 1 aromatic rings. The van der Waals surface area contributed by atoms with Crippen molar-refractivity contribution in [3.63, 3.8) is 0 Å². The molecule has 0 saturated carbocycles. The summed E-state index contributed by atoms with van der Waals surface area (Å²) >= 11 is 0. The molecule has 2 atom stereocenters. The first kappa shape index (κ1) is 10.9. The summed E-state index contributed by atoms with van der Waals surface area (Å²) in [5.41, 5.74) is 1.77. The van der Waals surface area contributed by atoms with Gasteiger partial charge >= 0.3 is 0 Å². The molecule has 0 aliphatic heterocycles. The largest absolute Gasteiger partial charge is 0.303 e. The van der Waals surface area contributed by atoms with Crippen LogP contribution in [0.2, 0.25) is 0 Å². The molecule has 0 heterocycles. The lowest BCUT2D eigenvalue weighted by molar-refractivity contribution is -0.108. The van der Waals surface area contributed by atoms with Gasteiger partial charge in [0, 0.05) is 6.42 Å². The van der Waals surface area contributed by atoms with Crippen LogP contribution in [0.4, 0.5) is 4.39 Å². The zero-order valence-corrected chi connectivity index (χ0v) is 8.53. The van der Waals surface area contributed by atoms with E-state index in [0.717, 1.165) is 11.8 Å². The summed E-state index contributed by atoms with van der Waals surface area (Å²) in [5, 5.41) is 0. The van der Waals surface area contributed by atoms with Gasteiger partial charge in [0.25, 0.3) is 0 Å². The highest BCUT2D eigenvalue weighted by atomic mass is 19.1. The minimum Gasteiger partial charge on any atom is -0.303 e. The van der Waals surface area contributed by atoms with Crippen LogP contribution in [0, 0.1) is 0 Å². The second-order valence-electron chi connectivity index (χ2n) is 3.59. The van der Waals surface area contributed by atoms with Crippen LogP contribution in [0.25, 0.3) is 0 Å². The molecule has 1 nitrogen and oxygen atoms in total. The highest BCUT2D eigenvalue weighted by molar-refractivity contribution is 5.51. The Hall–Kier alpha value is -1.18. The van der Waals surface area contributed by atoms with Gasteiger partial charge in [-0.25, -0.2) is 4.39 Å². The standard InChI is InChI=1S/C12H15FO/c1-9(7-8-14)11-3-5-12(6-4-11)10(2)13/h3-6,8-10H,7H2,1-2H3. The van der Waals surface area contributed by atoms with Crippen LogP contribution in [-0.2, 0) is 4.79 Å². The highest BCUT2D eigenvalue weighted by Crippen LogP contribution is 2.22. The van der Waals surface area contributed by atoms with Gasteiger partial charge in [0.2, 0.25) is 0 Å². The minimum atomic E-state index is -0.926. The van der Waals surface area contributed by atoms with Crippen molar-refractivity contribution in [3.8, 4) is 0 Å². The Morgan fingerprint density at radius 1 is 1.21 bits per heavy atom. The molecule has 0 saturated heterocycles. The molecule has 76 valence electrons. The molecule has 14 heavy (non-hydrogen) atoms. The predicted molar refractivity (Wildman–Crippen MR) is 55.1 cm³/mol. The van der Waals surface area contributed by atoms with Crippen LogP contribution in [0.1, 0.15) is 43.5 Å². The summed E-state index contributed by atoms with van der Waals surface area (Å²) in [4.78, 5) is 10.3.